The summed E-state index contributed by atoms with van der Waals surface area (Å²) in [6, 6.07) is 8.45. The zero-order chi connectivity index (χ0) is 15.6. The average Bonchev–Trinajstić information content (AvgIpc) is 2.37. The molecule has 0 fully saturated rings. The van der Waals surface area contributed by atoms with Crippen LogP contribution >= 0.6 is 0 Å². The lowest BCUT2D eigenvalue weighted by Gasteiger charge is -2.08. The molecule has 0 heterocycles. The SMILES string of the molecule is Nc1cc(F)ccc1S(=O)(=O)Cc1ccccc1[N+](=O)[O-]. The predicted molar refractivity (Wildman–Crippen MR) is 74.8 cm³/mol. The second-order valence-corrected chi connectivity index (χ2v) is 6.29. The number of hydrogen-bond acceptors (Lipinski definition) is 5. The Morgan fingerprint density at radius 2 is 1.86 bits per heavy atom. The van der Waals surface area contributed by atoms with Gasteiger partial charge in [0, 0.05) is 11.6 Å². The number of anilines is 1. The standard InChI is InChI=1S/C13H11FN2O4S/c14-10-5-6-13(11(15)7-10)21(19,20)8-9-3-1-2-4-12(9)16(17)18/h1-7H,8,15H2. The van der Waals surface area contributed by atoms with Gasteiger partial charge in [-0.25, -0.2) is 12.8 Å². The number of halogens is 1. The van der Waals surface area contributed by atoms with Crippen molar-refractivity contribution < 1.29 is 17.7 Å². The van der Waals surface area contributed by atoms with Gasteiger partial charge in [0.1, 0.15) is 5.82 Å². The fourth-order valence-corrected chi connectivity index (χ4v) is 3.40. The van der Waals surface area contributed by atoms with Crippen LogP contribution in [0.1, 0.15) is 5.56 Å². The fourth-order valence-electron chi connectivity index (χ4n) is 1.90. The van der Waals surface area contributed by atoms with Crippen LogP contribution in [0.5, 0.6) is 0 Å². The molecule has 0 unspecified atom stereocenters. The minimum absolute atomic E-state index is 0.0474. The molecule has 8 heteroatoms. The van der Waals surface area contributed by atoms with Crippen LogP contribution in [0.25, 0.3) is 0 Å². The summed E-state index contributed by atoms with van der Waals surface area (Å²) < 4.78 is 37.5. The van der Waals surface area contributed by atoms with Gasteiger partial charge in [-0.1, -0.05) is 18.2 Å². The van der Waals surface area contributed by atoms with E-state index < -0.39 is 26.3 Å². The minimum Gasteiger partial charge on any atom is -0.398 e. The molecular weight excluding hydrogens is 299 g/mol. The summed E-state index contributed by atoms with van der Waals surface area (Å²) in [5, 5.41) is 10.9. The molecule has 0 amide bonds. The number of nitrogens with two attached hydrogens (primary N) is 1. The van der Waals surface area contributed by atoms with Crippen LogP contribution in [0.3, 0.4) is 0 Å². The summed E-state index contributed by atoms with van der Waals surface area (Å²) in [5.41, 5.74) is 5.04. The highest BCUT2D eigenvalue weighted by Gasteiger charge is 2.23. The van der Waals surface area contributed by atoms with Crippen molar-refractivity contribution in [3.05, 3.63) is 64.0 Å². The largest absolute Gasteiger partial charge is 0.398 e. The van der Waals surface area contributed by atoms with Crippen LogP contribution in [-0.4, -0.2) is 13.3 Å². The van der Waals surface area contributed by atoms with Crippen molar-refractivity contribution in [3.63, 3.8) is 0 Å². The number of sulfone groups is 1. The van der Waals surface area contributed by atoms with Gasteiger partial charge in [-0.2, -0.15) is 0 Å². The highest BCUT2D eigenvalue weighted by molar-refractivity contribution is 7.90. The van der Waals surface area contributed by atoms with Crippen molar-refractivity contribution in [1.82, 2.24) is 0 Å². The first-order chi connectivity index (χ1) is 9.81. The third kappa shape index (κ3) is 3.16. The van der Waals surface area contributed by atoms with Crippen molar-refractivity contribution in [2.24, 2.45) is 0 Å². The van der Waals surface area contributed by atoms with E-state index in [4.69, 9.17) is 5.73 Å². The maximum Gasteiger partial charge on any atom is 0.273 e. The molecule has 2 rings (SSSR count). The number of benzene rings is 2. The molecule has 0 saturated heterocycles. The monoisotopic (exact) mass is 310 g/mol. The Balaban J connectivity index is 2.45. The van der Waals surface area contributed by atoms with Crippen molar-refractivity contribution in [3.8, 4) is 0 Å². The second-order valence-electron chi connectivity index (χ2n) is 4.33. The zero-order valence-electron chi connectivity index (χ0n) is 10.7. The number of hydrogen-bond donors (Lipinski definition) is 1. The normalized spacial score (nSPS) is 11.3. The van der Waals surface area contributed by atoms with Crippen LogP contribution in [0.2, 0.25) is 0 Å². The van der Waals surface area contributed by atoms with Crippen LogP contribution in [0.15, 0.2) is 47.4 Å². The molecule has 0 aliphatic heterocycles. The van der Waals surface area contributed by atoms with Crippen LogP contribution in [-0.2, 0) is 15.6 Å². The Kier molecular flexibility index (Phi) is 3.90. The minimum atomic E-state index is -3.91. The van der Waals surface area contributed by atoms with E-state index in [1.807, 2.05) is 0 Å². The zero-order valence-corrected chi connectivity index (χ0v) is 11.5. The summed E-state index contributed by atoms with van der Waals surface area (Å²) in [6.45, 7) is 0. The summed E-state index contributed by atoms with van der Waals surface area (Å²) >= 11 is 0. The smallest absolute Gasteiger partial charge is 0.273 e. The van der Waals surface area contributed by atoms with Crippen molar-refractivity contribution in [2.75, 3.05) is 5.73 Å². The quantitative estimate of drug-likeness (QED) is 0.404. The first kappa shape index (κ1) is 14.9. The topological polar surface area (TPSA) is 103 Å². The highest BCUT2D eigenvalue weighted by Crippen LogP contribution is 2.27. The molecule has 2 aromatic carbocycles. The number of nitro groups is 1. The Labute approximate surface area is 120 Å². The van der Waals surface area contributed by atoms with Gasteiger partial charge < -0.3 is 5.73 Å². The molecule has 21 heavy (non-hydrogen) atoms. The van der Waals surface area contributed by atoms with Crippen LogP contribution in [0, 0.1) is 15.9 Å². The van der Waals surface area contributed by atoms with Gasteiger partial charge in [-0.3, -0.25) is 10.1 Å². The third-order valence-electron chi connectivity index (χ3n) is 2.84. The predicted octanol–water partition coefficient (Wildman–Crippen LogP) is 2.29. The van der Waals surface area contributed by atoms with E-state index in [-0.39, 0.29) is 21.8 Å². The first-order valence-electron chi connectivity index (χ1n) is 5.81. The highest BCUT2D eigenvalue weighted by atomic mass is 32.2. The lowest BCUT2D eigenvalue weighted by molar-refractivity contribution is -0.385. The maximum absolute atomic E-state index is 13.0. The van der Waals surface area contributed by atoms with E-state index in [9.17, 15) is 22.9 Å². The molecular formula is C13H11FN2O4S. The summed E-state index contributed by atoms with van der Waals surface area (Å²) in [7, 11) is -3.91. The second kappa shape index (κ2) is 5.49. The molecule has 2 N–H and O–H groups in total. The number of para-hydroxylation sites is 1. The molecule has 0 radical (unpaired) electrons. The van der Waals surface area contributed by atoms with Gasteiger partial charge in [0.15, 0.2) is 9.84 Å². The Hall–Kier alpha value is -2.48. The van der Waals surface area contributed by atoms with E-state index in [1.54, 1.807) is 0 Å². The van der Waals surface area contributed by atoms with Gasteiger partial charge in [-0.05, 0) is 18.2 Å². The molecule has 0 saturated carbocycles. The number of nitrogen functional groups attached to an aromatic ring is 1. The van der Waals surface area contributed by atoms with E-state index in [0.29, 0.717) is 0 Å². The Morgan fingerprint density at radius 1 is 1.19 bits per heavy atom. The summed E-state index contributed by atoms with van der Waals surface area (Å²) in [4.78, 5) is 9.99. The van der Waals surface area contributed by atoms with Gasteiger partial charge in [0.25, 0.3) is 5.69 Å². The lowest BCUT2D eigenvalue weighted by Crippen LogP contribution is -2.09. The molecule has 2 aromatic rings. The average molecular weight is 310 g/mol. The maximum atomic E-state index is 13.0. The molecule has 0 aromatic heterocycles. The molecule has 110 valence electrons. The Bertz CT molecular complexity index is 806. The van der Waals surface area contributed by atoms with Crippen LogP contribution in [0.4, 0.5) is 15.8 Å². The van der Waals surface area contributed by atoms with E-state index in [0.717, 1.165) is 18.2 Å². The van der Waals surface area contributed by atoms with Crippen molar-refractivity contribution in [1.29, 1.82) is 0 Å². The molecule has 0 atom stereocenters. The van der Waals surface area contributed by atoms with E-state index in [2.05, 4.69) is 0 Å². The van der Waals surface area contributed by atoms with Crippen LogP contribution < -0.4 is 5.73 Å². The third-order valence-corrected chi connectivity index (χ3v) is 4.57. The fraction of sp³-hybridized carbons (Fsp3) is 0.0769. The van der Waals surface area contributed by atoms with E-state index >= 15 is 0 Å². The summed E-state index contributed by atoms with van der Waals surface area (Å²) in [6.07, 6.45) is 0. The molecule has 0 spiro atoms. The van der Waals surface area contributed by atoms with Gasteiger partial charge in [0.2, 0.25) is 0 Å². The number of nitro benzene ring substituents is 1. The molecule has 0 aliphatic carbocycles. The van der Waals surface area contributed by atoms with Crippen molar-refractivity contribution in [2.45, 2.75) is 10.6 Å². The van der Waals surface area contributed by atoms with Gasteiger partial charge in [-0.15, -0.1) is 0 Å². The lowest BCUT2D eigenvalue weighted by atomic mass is 10.2. The Morgan fingerprint density at radius 3 is 2.48 bits per heavy atom. The molecule has 6 nitrogen and oxygen atoms in total. The van der Waals surface area contributed by atoms with Crippen molar-refractivity contribution >= 4 is 21.2 Å². The molecule has 0 aliphatic rings. The van der Waals surface area contributed by atoms with Gasteiger partial charge >= 0.3 is 0 Å². The summed E-state index contributed by atoms with van der Waals surface area (Å²) in [5.74, 6) is -1.24. The van der Waals surface area contributed by atoms with E-state index in [1.165, 1.54) is 24.3 Å². The first-order valence-corrected chi connectivity index (χ1v) is 7.46. The number of nitrogens with zero attached hydrogens (tertiary/aromatic N) is 1. The molecule has 0 bridgehead atoms. The van der Waals surface area contributed by atoms with Gasteiger partial charge in [0.05, 0.1) is 21.3 Å². The number of rotatable bonds is 4.